The van der Waals surface area contributed by atoms with E-state index in [-0.39, 0.29) is 17.9 Å². The van der Waals surface area contributed by atoms with Gasteiger partial charge < -0.3 is 19.9 Å². The lowest BCUT2D eigenvalue weighted by Gasteiger charge is -2.17. The summed E-state index contributed by atoms with van der Waals surface area (Å²) in [7, 11) is 0. The number of amides is 2. The number of nitrogens with one attached hydrogen (secondary N) is 2. The number of ether oxygens (including phenoxy) is 1. The van der Waals surface area contributed by atoms with Gasteiger partial charge in [0.05, 0.1) is 11.8 Å². The van der Waals surface area contributed by atoms with E-state index in [4.69, 9.17) is 4.74 Å². The Morgan fingerprint density at radius 1 is 1.24 bits per heavy atom. The quantitative estimate of drug-likeness (QED) is 0.734. The molecule has 138 valence electrons. The summed E-state index contributed by atoms with van der Waals surface area (Å²) in [5, 5.41) is 5.83. The Kier molecular flexibility index (Phi) is 6.07. The Labute approximate surface area is 148 Å². The highest BCUT2D eigenvalue weighted by Crippen LogP contribution is 2.21. The van der Waals surface area contributed by atoms with E-state index in [2.05, 4.69) is 22.5 Å². The second-order valence-corrected chi connectivity index (χ2v) is 6.79. The van der Waals surface area contributed by atoms with Gasteiger partial charge >= 0.3 is 0 Å². The van der Waals surface area contributed by atoms with Crippen LogP contribution in [0.5, 0.6) is 0 Å². The van der Waals surface area contributed by atoms with Gasteiger partial charge in [0, 0.05) is 26.2 Å². The summed E-state index contributed by atoms with van der Waals surface area (Å²) in [5.41, 5.74) is 1.29. The summed E-state index contributed by atoms with van der Waals surface area (Å²) in [4.78, 5) is 29.5. The maximum Gasteiger partial charge on any atom is 0.287 e. The highest BCUT2D eigenvalue weighted by molar-refractivity contribution is 5.97. The molecular weight excluding hydrogens is 320 g/mol. The third kappa shape index (κ3) is 4.21. The van der Waals surface area contributed by atoms with E-state index in [1.165, 1.54) is 0 Å². The SMILES string of the molecule is CCCCNC(=O)c1nc(C(=O)NCC2CCCO2)c2n1CCCC2. The summed E-state index contributed by atoms with van der Waals surface area (Å²) in [6, 6.07) is 0. The van der Waals surface area contributed by atoms with E-state index in [9.17, 15) is 9.59 Å². The number of hydrogen-bond donors (Lipinski definition) is 2. The molecule has 0 bridgehead atoms. The maximum atomic E-state index is 12.6. The number of nitrogens with zero attached hydrogens (tertiary/aromatic N) is 2. The topological polar surface area (TPSA) is 85.2 Å². The zero-order chi connectivity index (χ0) is 17.6. The largest absolute Gasteiger partial charge is 0.376 e. The van der Waals surface area contributed by atoms with E-state index in [1.807, 2.05) is 4.57 Å². The molecule has 0 aliphatic carbocycles. The van der Waals surface area contributed by atoms with Crippen LogP contribution >= 0.6 is 0 Å². The van der Waals surface area contributed by atoms with Crippen molar-refractivity contribution in [1.29, 1.82) is 0 Å². The molecule has 0 spiro atoms. The molecule has 2 amide bonds. The first kappa shape index (κ1) is 17.9. The average molecular weight is 348 g/mol. The Hall–Kier alpha value is -1.89. The Morgan fingerprint density at radius 2 is 2.12 bits per heavy atom. The normalized spacial score (nSPS) is 19.5. The highest BCUT2D eigenvalue weighted by atomic mass is 16.5. The van der Waals surface area contributed by atoms with Crippen LogP contribution in [-0.4, -0.2) is 47.2 Å². The number of carbonyl (C=O) groups excluding carboxylic acids is 2. The fourth-order valence-electron chi connectivity index (χ4n) is 3.45. The van der Waals surface area contributed by atoms with E-state index in [1.54, 1.807) is 0 Å². The van der Waals surface area contributed by atoms with Crippen molar-refractivity contribution < 1.29 is 14.3 Å². The van der Waals surface area contributed by atoms with Crippen LogP contribution in [0.2, 0.25) is 0 Å². The fourth-order valence-corrected chi connectivity index (χ4v) is 3.45. The molecule has 2 N–H and O–H groups in total. The molecule has 2 aliphatic rings. The third-order valence-corrected chi connectivity index (χ3v) is 4.87. The lowest BCUT2D eigenvalue weighted by atomic mass is 10.1. The number of aromatic nitrogens is 2. The molecule has 1 atom stereocenters. The zero-order valence-corrected chi connectivity index (χ0v) is 15.0. The molecule has 1 unspecified atom stereocenters. The molecule has 7 heteroatoms. The molecule has 0 radical (unpaired) electrons. The van der Waals surface area contributed by atoms with Gasteiger partial charge in [-0.15, -0.1) is 0 Å². The van der Waals surface area contributed by atoms with Crippen LogP contribution in [0.25, 0.3) is 0 Å². The van der Waals surface area contributed by atoms with Crippen molar-refractivity contribution in [2.24, 2.45) is 0 Å². The van der Waals surface area contributed by atoms with Crippen molar-refractivity contribution in [3.8, 4) is 0 Å². The van der Waals surface area contributed by atoms with Gasteiger partial charge in [-0.3, -0.25) is 9.59 Å². The monoisotopic (exact) mass is 348 g/mol. The molecule has 2 aliphatic heterocycles. The number of hydrogen-bond acceptors (Lipinski definition) is 4. The minimum Gasteiger partial charge on any atom is -0.376 e. The van der Waals surface area contributed by atoms with Gasteiger partial charge in [0.25, 0.3) is 11.8 Å². The van der Waals surface area contributed by atoms with E-state index in [0.29, 0.717) is 24.6 Å². The molecule has 7 nitrogen and oxygen atoms in total. The fraction of sp³-hybridized carbons (Fsp3) is 0.722. The highest BCUT2D eigenvalue weighted by Gasteiger charge is 2.27. The summed E-state index contributed by atoms with van der Waals surface area (Å²) < 4.78 is 7.47. The zero-order valence-electron chi connectivity index (χ0n) is 15.0. The van der Waals surface area contributed by atoms with E-state index >= 15 is 0 Å². The van der Waals surface area contributed by atoms with Gasteiger partial charge in [-0.2, -0.15) is 0 Å². The van der Waals surface area contributed by atoms with Gasteiger partial charge in [-0.25, -0.2) is 4.98 Å². The molecule has 1 aromatic rings. The first-order chi connectivity index (χ1) is 12.2. The molecular formula is C18H28N4O3. The van der Waals surface area contributed by atoms with E-state index < -0.39 is 0 Å². The van der Waals surface area contributed by atoms with Gasteiger partial charge in [-0.05, 0) is 38.5 Å². The predicted molar refractivity (Wildman–Crippen MR) is 93.7 cm³/mol. The molecule has 3 heterocycles. The van der Waals surface area contributed by atoms with Crippen molar-refractivity contribution in [2.75, 3.05) is 19.7 Å². The second kappa shape index (κ2) is 8.47. The standard InChI is InChI=1S/C18H28N4O3/c1-2-3-9-19-18(24)16-21-15(14-8-4-5-10-22(14)16)17(23)20-12-13-7-6-11-25-13/h13H,2-12H2,1H3,(H,19,24)(H,20,23). The molecule has 1 saturated heterocycles. The Morgan fingerprint density at radius 3 is 2.88 bits per heavy atom. The van der Waals surface area contributed by atoms with Crippen LogP contribution in [0.15, 0.2) is 0 Å². The summed E-state index contributed by atoms with van der Waals surface area (Å²) in [5.74, 6) is -0.0170. The smallest absolute Gasteiger partial charge is 0.287 e. The Balaban J connectivity index is 1.72. The van der Waals surface area contributed by atoms with Crippen LogP contribution < -0.4 is 10.6 Å². The van der Waals surface area contributed by atoms with Crippen LogP contribution in [0.4, 0.5) is 0 Å². The maximum absolute atomic E-state index is 12.6. The van der Waals surface area contributed by atoms with Gasteiger partial charge in [0.1, 0.15) is 5.69 Å². The number of rotatable bonds is 7. The molecule has 3 rings (SSSR count). The lowest BCUT2D eigenvalue weighted by molar-refractivity contribution is 0.0853. The van der Waals surface area contributed by atoms with Crippen molar-refractivity contribution in [3.63, 3.8) is 0 Å². The van der Waals surface area contributed by atoms with Crippen molar-refractivity contribution in [2.45, 2.75) is 64.5 Å². The Bertz CT molecular complexity index is 620. The number of fused-ring (bicyclic) bond motifs is 1. The number of carbonyl (C=O) groups is 2. The van der Waals surface area contributed by atoms with Gasteiger partial charge in [-0.1, -0.05) is 13.3 Å². The summed E-state index contributed by atoms with van der Waals surface area (Å²) in [6.07, 6.45) is 6.90. The molecule has 1 fully saturated rings. The summed E-state index contributed by atoms with van der Waals surface area (Å²) >= 11 is 0. The molecule has 1 aromatic heterocycles. The van der Waals surface area contributed by atoms with Crippen molar-refractivity contribution >= 4 is 11.8 Å². The lowest BCUT2D eigenvalue weighted by Crippen LogP contribution is -2.32. The van der Waals surface area contributed by atoms with Crippen molar-refractivity contribution in [1.82, 2.24) is 20.2 Å². The minimum absolute atomic E-state index is 0.0965. The van der Waals surface area contributed by atoms with Crippen molar-refractivity contribution in [3.05, 3.63) is 17.2 Å². The first-order valence-electron chi connectivity index (χ1n) is 9.48. The molecule has 0 aromatic carbocycles. The van der Waals surface area contributed by atoms with Crippen LogP contribution in [-0.2, 0) is 17.7 Å². The third-order valence-electron chi connectivity index (χ3n) is 4.87. The minimum atomic E-state index is -0.200. The summed E-state index contributed by atoms with van der Waals surface area (Å²) in [6.45, 7) is 4.74. The van der Waals surface area contributed by atoms with Crippen LogP contribution in [0, 0.1) is 0 Å². The number of imidazole rings is 1. The average Bonchev–Trinajstić information content (AvgIpc) is 3.27. The van der Waals surface area contributed by atoms with Crippen LogP contribution in [0.3, 0.4) is 0 Å². The van der Waals surface area contributed by atoms with Crippen LogP contribution in [0.1, 0.15) is 72.3 Å². The number of unbranched alkanes of at least 4 members (excludes halogenated alkanes) is 1. The first-order valence-corrected chi connectivity index (χ1v) is 9.48. The second-order valence-electron chi connectivity index (χ2n) is 6.79. The predicted octanol–water partition coefficient (Wildman–Crippen LogP) is 1.66. The van der Waals surface area contributed by atoms with Gasteiger partial charge in [0.15, 0.2) is 5.82 Å². The molecule has 25 heavy (non-hydrogen) atoms. The molecule has 0 saturated carbocycles. The van der Waals surface area contributed by atoms with E-state index in [0.717, 1.165) is 63.8 Å². The van der Waals surface area contributed by atoms with Gasteiger partial charge in [0.2, 0.25) is 0 Å².